The second-order valence-corrected chi connectivity index (χ2v) is 18.0. The summed E-state index contributed by atoms with van der Waals surface area (Å²) < 4.78 is 0. The van der Waals surface area contributed by atoms with Gasteiger partial charge < -0.3 is 0 Å². The number of benzene rings is 6. The minimum Gasteiger partial charge on any atom is -0.147 e. The first-order chi connectivity index (χ1) is 20.6. The van der Waals surface area contributed by atoms with Crippen molar-refractivity contribution in [2.75, 3.05) is 0 Å². The molecule has 0 amide bonds. The van der Waals surface area contributed by atoms with Crippen molar-refractivity contribution >= 4 is 78.5 Å². The Morgan fingerprint density at radius 1 is 0.500 bits per heavy atom. The molecule has 0 saturated carbocycles. The van der Waals surface area contributed by atoms with Gasteiger partial charge in [0.1, 0.15) is 0 Å². The summed E-state index contributed by atoms with van der Waals surface area (Å²) in [7, 11) is 0. The van der Waals surface area contributed by atoms with Crippen LogP contribution in [0.2, 0.25) is 6.55 Å². The molecule has 0 nitrogen and oxygen atoms in total. The first kappa shape index (κ1) is 33.6. The van der Waals surface area contributed by atoms with Crippen LogP contribution in [0.5, 0.6) is 0 Å². The summed E-state index contributed by atoms with van der Waals surface area (Å²) in [5.74, 6) is 0. The van der Waals surface area contributed by atoms with Crippen molar-refractivity contribution in [2.24, 2.45) is 0 Å². The number of aryl methyl sites for hydroxylation is 1. The monoisotopic (exact) mass is 702 g/mol. The van der Waals surface area contributed by atoms with E-state index in [1.165, 1.54) is 59.8 Å². The first-order valence-electron chi connectivity index (χ1n) is 14.4. The van der Waals surface area contributed by atoms with E-state index in [1.807, 2.05) is 0 Å². The van der Waals surface area contributed by atoms with E-state index in [1.54, 1.807) is 28.5 Å². The van der Waals surface area contributed by atoms with Crippen LogP contribution in [0.4, 0.5) is 0 Å². The van der Waals surface area contributed by atoms with Gasteiger partial charge in [0.25, 0.3) is 0 Å². The summed E-state index contributed by atoms with van der Waals surface area (Å²) in [6.07, 6.45) is 0. The molecule has 8 aromatic carbocycles. The Hall–Kier alpha value is -3.26. The predicted octanol–water partition coefficient (Wildman–Crippen LogP) is 11.3. The van der Waals surface area contributed by atoms with Gasteiger partial charge in [0.05, 0.1) is 0 Å². The summed E-state index contributed by atoms with van der Waals surface area (Å²) >= 11 is 1.69. The van der Waals surface area contributed by atoms with Crippen LogP contribution in [0.1, 0.15) is 5.56 Å². The van der Waals surface area contributed by atoms with E-state index in [4.69, 9.17) is 0 Å². The third-order valence-electron chi connectivity index (χ3n) is 7.80. The van der Waals surface area contributed by atoms with E-state index >= 15 is 0 Å². The van der Waals surface area contributed by atoms with Gasteiger partial charge in [-0.1, -0.05) is 96.6 Å². The van der Waals surface area contributed by atoms with Crippen LogP contribution in [-0.2, 0) is 23.3 Å². The van der Waals surface area contributed by atoms with Gasteiger partial charge in [-0.05, 0) is 23.3 Å². The molecule has 0 fully saturated rings. The molecule has 0 spiro atoms. The van der Waals surface area contributed by atoms with E-state index in [0.29, 0.717) is 0 Å². The summed E-state index contributed by atoms with van der Waals surface area (Å²) in [5.41, 5.74) is 3.84. The number of hydrogen-bond acceptors (Lipinski definition) is 0. The maximum atomic E-state index is 2.35. The van der Waals surface area contributed by atoms with Gasteiger partial charge in [-0.2, -0.15) is 0 Å². The largest absolute Gasteiger partial charge is 0.147 e. The van der Waals surface area contributed by atoms with E-state index in [9.17, 15) is 0 Å². The standard InChI is InChI=1S/C20H15.C13H9.C7H8Si.2ClH.Zr/c1-14-10-11-19(20-9-5-4-8-18(14)20)17-12-15-6-2-3-7-16(15)13-17;1-3-7-12-10(5-1)9-11-6-2-4-8-13(11)12;1-8-7-5-3-2-4-6-7;;;/h2-13H,1H3;1-9H;2-6H,1H3;2*1H;/q2*-1;;;;+2. The van der Waals surface area contributed by atoms with Crippen LogP contribution >= 0.6 is 24.8 Å². The molecule has 0 aromatic heterocycles. The normalized spacial score (nSPS) is 10.3. The molecule has 0 aliphatic rings. The quantitative estimate of drug-likeness (QED) is 0.124. The minimum atomic E-state index is -0.122. The second-order valence-electron chi connectivity index (χ2n) is 10.7. The molecule has 0 bridgehead atoms. The summed E-state index contributed by atoms with van der Waals surface area (Å²) in [4.78, 5) is 0. The van der Waals surface area contributed by atoms with Gasteiger partial charge in [-0.15, -0.1) is 99.1 Å². The Morgan fingerprint density at radius 3 is 1.57 bits per heavy atom. The van der Waals surface area contributed by atoms with Crippen molar-refractivity contribution in [1.29, 1.82) is 0 Å². The number of hydrogen-bond donors (Lipinski definition) is 0. The Bertz CT molecular complexity index is 2060. The molecule has 8 aromatic rings. The number of fused-ring (bicyclic) bond motifs is 5. The van der Waals surface area contributed by atoms with Gasteiger partial charge in [0, 0.05) is 0 Å². The molecule has 0 saturated heterocycles. The SMILES string of the molecule is C[Si](=[Zr+2])c1ccccc1.Cc1ccc(-c2cc3ccccc3[cH-]2)c2ccccc12.Cl.Cl.c1ccc2c(c1)[cH-]c1ccccc12. The van der Waals surface area contributed by atoms with Crippen LogP contribution in [-0.4, -0.2) is 5.43 Å². The second kappa shape index (κ2) is 15.6. The molecule has 0 heterocycles. The van der Waals surface area contributed by atoms with E-state index in [2.05, 4.69) is 171 Å². The van der Waals surface area contributed by atoms with Gasteiger partial charge in [0.15, 0.2) is 0 Å². The fraction of sp³-hybridized carbons (Fsp3) is 0.0500. The van der Waals surface area contributed by atoms with Gasteiger partial charge in [0.2, 0.25) is 0 Å². The van der Waals surface area contributed by atoms with Crippen LogP contribution in [0.3, 0.4) is 0 Å². The maximum Gasteiger partial charge on any atom is -0.0224 e. The molecule has 0 atom stereocenters. The third-order valence-corrected chi connectivity index (χ3v) is 11.1. The molecule has 0 unspecified atom stereocenters. The summed E-state index contributed by atoms with van der Waals surface area (Å²) in [6, 6.07) is 56.3. The van der Waals surface area contributed by atoms with Crippen molar-refractivity contribution < 1.29 is 23.3 Å². The van der Waals surface area contributed by atoms with Crippen LogP contribution in [0, 0.1) is 6.92 Å². The molecule has 0 N–H and O–H groups in total. The molecule has 0 radical (unpaired) electrons. The molecule has 4 heteroatoms. The molecule has 0 aliphatic carbocycles. The molecular weight excluding hydrogens is 671 g/mol. The number of rotatable bonds is 2. The van der Waals surface area contributed by atoms with Crippen LogP contribution in [0.25, 0.3) is 54.2 Å². The summed E-state index contributed by atoms with van der Waals surface area (Å²) in [6.45, 7) is 4.52. The van der Waals surface area contributed by atoms with Crippen LogP contribution in [0.15, 0.2) is 158 Å². The Balaban J connectivity index is 0.000000160. The fourth-order valence-corrected chi connectivity index (χ4v) is 7.52. The zero-order valence-electron chi connectivity index (χ0n) is 24.8. The van der Waals surface area contributed by atoms with Crippen molar-refractivity contribution in [3.8, 4) is 11.1 Å². The molecule has 216 valence electrons. The molecular formula is C40H34Cl2SiZr. The minimum absolute atomic E-state index is 0. The van der Waals surface area contributed by atoms with E-state index in [0.717, 1.165) is 0 Å². The van der Waals surface area contributed by atoms with Gasteiger partial charge in [-0.3, -0.25) is 0 Å². The Morgan fingerprint density at radius 2 is 1.00 bits per heavy atom. The maximum absolute atomic E-state index is 2.35. The fourth-order valence-electron chi connectivity index (χ4n) is 5.60. The van der Waals surface area contributed by atoms with E-state index < -0.39 is 0 Å². The number of halogens is 2. The van der Waals surface area contributed by atoms with Crippen molar-refractivity contribution in [3.05, 3.63) is 163 Å². The molecule has 0 aliphatic heterocycles. The summed E-state index contributed by atoms with van der Waals surface area (Å²) in [5, 5.41) is 12.3. The van der Waals surface area contributed by atoms with Crippen LogP contribution < -0.4 is 5.19 Å². The topological polar surface area (TPSA) is 0 Å². The zero-order valence-corrected chi connectivity index (χ0v) is 29.9. The predicted molar refractivity (Wildman–Crippen MR) is 196 cm³/mol. The zero-order chi connectivity index (χ0) is 28.9. The van der Waals surface area contributed by atoms with Gasteiger partial charge >= 0.3 is 70.8 Å². The van der Waals surface area contributed by atoms with Crippen molar-refractivity contribution in [2.45, 2.75) is 13.5 Å². The Kier molecular flexibility index (Phi) is 12.0. The average molecular weight is 705 g/mol. The van der Waals surface area contributed by atoms with Gasteiger partial charge in [-0.25, -0.2) is 0 Å². The smallest absolute Gasteiger partial charge is 0.0224 e. The van der Waals surface area contributed by atoms with E-state index in [-0.39, 0.29) is 30.2 Å². The molecule has 8 rings (SSSR count). The average Bonchev–Trinajstić information content (AvgIpc) is 3.64. The first-order valence-corrected chi connectivity index (χ1v) is 20.0. The Labute approximate surface area is 287 Å². The van der Waals surface area contributed by atoms with Crippen molar-refractivity contribution in [1.82, 2.24) is 0 Å². The van der Waals surface area contributed by atoms with Crippen molar-refractivity contribution in [3.63, 3.8) is 0 Å². The third kappa shape index (κ3) is 7.51. The molecule has 44 heavy (non-hydrogen) atoms.